The summed E-state index contributed by atoms with van der Waals surface area (Å²) in [6, 6.07) is 0. The van der Waals surface area contributed by atoms with Gasteiger partial charge in [0.15, 0.2) is 0 Å². The van der Waals surface area contributed by atoms with Crippen LogP contribution in [0.2, 0.25) is 0 Å². The van der Waals surface area contributed by atoms with Crippen LogP contribution in [-0.2, 0) is 4.79 Å². The first-order valence-corrected chi connectivity index (χ1v) is 9.27. The molecule has 0 bridgehead atoms. The highest BCUT2D eigenvalue weighted by atomic mass is 16.1. The van der Waals surface area contributed by atoms with Crippen molar-refractivity contribution in [1.29, 1.82) is 0 Å². The minimum atomic E-state index is 0.421. The predicted octanol–water partition coefficient (Wildman–Crippen LogP) is 5.77. The molecule has 1 heteroatoms. The third-order valence-electron chi connectivity index (χ3n) is 6.10. The molecule has 0 aliphatic heterocycles. The van der Waals surface area contributed by atoms with Gasteiger partial charge in [0.2, 0.25) is 0 Å². The molecule has 2 aliphatic carbocycles. The van der Waals surface area contributed by atoms with Crippen molar-refractivity contribution in [3.05, 3.63) is 0 Å². The summed E-state index contributed by atoms with van der Waals surface area (Å²) in [5.74, 6) is 3.62. The first kappa shape index (κ1) is 16.0. The van der Waals surface area contributed by atoms with Gasteiger partial charge in [0.05, 0.1) is 0 Å². The third kappa shape index (κ3) is 4.33. The van der Waals surface area contributed by atoms with E-state index in [0.29, 0.717) is 11.7 Å². The van der Waals surface area contributed by atoms with Gasteiger partial charge in [-0.05, 0) is 49.9 Å². The fourth-order valence-corrected chi connectivity index (χ4v) is 4.52. The molecular weight excluding hydrogens is 244 g/mol. The smallest absolute Gasteiger partial charge is 0.136 e. The molecule has 0 unspecified atom stereocenters. The highest BCUT2D eigenvalue weighted by molar-refractivity contribution is 5.81. The van der Waals surface area contributed by atoms with Gasteiger partial charge >= 0.3 is 0 Å². The predicted molar refractivity (Wildman–Crippen MR) is 85.7 cm³/mol. The number of hydrogen-bond donors (Lipinski definition) is 0. The molecule has 2 fully saturated rings. The summed E-state index contributed by atoms with van der Waals surface area (Å²) in [6.07, 6.45) is 15.4. The number of carbonyl (C=O) groups excluding carboxylic acids is 1. The van der Waals surface area contributed by atoms with E-state index in [1.807, 2.05) is 0 Å². The van der Waals surface area contributed by atoms with E-state index in [4.69, 9.17) is 0 Å². The molecule has 0 radical (unpaired) electrons. The van der Waals surface area contributed by atoms with E-state index in [1.54, 1.807) is 0 Å². The summed E-state index contributed by atoms with van der Waals surface area (Å²) in [4.78, 5) is 12.4. The van der Waals surface area contributed by atoms with Crippen LogP contribution in [0.5, 0.6) is 0 Å². The maximum absolute atomic E-state index is 12.4. The van der Waals surface area contributed by atoms with Crippen LogP contribution in [0.15, 0.2) is 0 Å². The molecule has 0 heterocycles. The van der Waals surface area contributed by atoms with Crippen LogP contribution in [-0.4, -0.2) is 5.78 Å². The largest absolute Gasteiger partial charge is 0.299 e. The molecule has 0 aromatic carbocycles. The van der Waals surface area contributed by atoms with Crippen molar-refractivity contribution in [2.75, 3.05) is 0 Å². The lowest BCUT2D eigenvalue weighted by Crippen LogP contribution is -2.31. The quantitative estimate of drug-likeness (QED) is 0.564. The zero-order valence-electron chi connectivity index (χ0n) is 13.7. The van der Waals surface area contributed by atoms with Crippen molar-refractivity contribution < 1.29 is 4.79 Å². The van der Waals surface area contributed by atoms with E-state index in [0.717, 1.165) is 24.2 Å². The average Bonchev–Trinajstić information content (AvgIpc) is 2.49. The summed E-state index contributed by atoms with van der Waals surface area (Å²) >= 11 is 0. The van der Waals surface area contributed by atoms with E-state index in [1.165, 1.54) is 70.6 Å². The maximum atomic E-state index is 12.4. The maximum Gasteiger partial charge on any atom is 0.136 e. The van der Waals surface area contributed by atoms with Gasteiger partial charge < -0.3 is 0 Å². The molecule has 0 aromatic heterocycles. The first-order valence-electron chi connectivity index (χ1n) is 9.27. The van der Waals surface area contributed by atoms with Crippen LogP contribution in [0.3, 0.4) is 0 Å². The van der Waals surface area contributed by atoms with Gasteiger partial charge in [-0.2, -0.15) is 0 Å². The number of ketones is 1. The zero-order chi connectivity index (χ0) is 14.4. The highest BCUT2D eigenvalue weighted by Gasteiger charge is 2.34. The van der Waals surface area contributed by atoms with Crippen LogP contribution in [0.25, 0.3) is 0 Å². The van der Waals surface area contributed by atoms with Crippen molar-refractivity contribution in [2.24, 2.45) is 23.7 Å². The molecule has 2 saturated carbocycles. The molecule has 0 amide bonds. The van der Waals surface area contributed by atoms with E-state index in [9.17, 15) is 4.79 Å². The lowest BCUT2D eigenvalue weighted by Gasteiger charge is -2.37. The molecule has 0 spiro atoms. The topological polar surface area (TPSA) is 17.1 Å². The summed E-state index contributed by atoms with van der Waals surface area (Å²) in [5.41, 5.74) is 0. The van der Waals surface area contributed by atoms with Crippen LogP contribution in [0.1, 0.15) is 90.9 Å². The van der Waals surface area contributed by atoms with Crippen molar-refractivity contribution >= 4 is 5.78 Å². The van der Waals surface area contributed by atoms with Gasteiger partial charge in [0, 0.05) is 12.3 Å². The number of Topliss-reactive ketones (excluding diaryl/α,β-unsaturated/α-hetero) is 1. The lowest BCUT2D eigenvalue weighted by atomic mass is 9.68. The van der Waals surface area contributed by atoms with Crippen molar-refractivity contribution in [2.45, 2.75) is 90.9 Å². The summed E-state index contributed by atoms with van der Waals surface area (Å²) in [7, 11) is 0. The van der Waals surface area contributed by atoms with E-state index >= 15 is 0 Å². The molecule has 1 nitrogen and oxygen atoms in total. The Hall–Kier alpha value is -0.330. The number of rotatable bonds is 6. The molecule has 20 heavy (non-hydrogen) atoms. The minimum absolute atomic E-state index is 0.421. The monoisotopic (exact) mass is 278 g/mol. The average molecular weight is 278 g/mol. The summed E-state index contributed by atoms with van der Waals surface area (Å²) in [5, 5.41) is 0. The summed E-state index contributed by atoms with van der Waals surface area (Å²) in [6.45, 7) is 4.57. The fourth-order valence-electron chi connectivity index (χ4n) is 4.52. The third-order valence-corrected chi connectivity index (χ3v) is 6.10. The Kier molecular flexibility index (Phi) is 6.58. The SMILES string of the molecule is CCCCC[C@@H]1CC[C@@H](C2CCC(CC)CC2)CC1=O. The van der Waals surface area contributed by atoms with Crippen LogP contribution >= 0.6 is 0 Å². The van der Waals surface area contributed by atoms with Gasteiger partial charge in [0.1, 0.15) is 5.78 Å². The zero-order valence-corrected chi connectivity index (χ0v) is 13.7. The Morgan fingerprint density at radius 1 is 0.900 bits per heavy atom. The first-order chi connectivity index (χ1) is 9.74. The van der Waals surface area contributed by atoms with E-state index in [-0.39, 0.29) is 0 Å². The standard InChI is InChI=1S/C19H34O/c1-3-5-6-7-17-12-13-18(14-19(17)20)16-10-8-15(4-2)9-11-16/h15-18H,3-14H2,1-2H3/t15?,16?,17-,18-/m1/s1. The Labute approximate surface area is 125 Å². The lowest BCUT2D eigenvalue weighted by molar-refractivity contribution is -0.127. The van der Waals surface area contributed by atoms with Crippen molar-refractivity contribution in [3.63, 3.8) is 0 Å². The minimum Gasteiger partial charge on any atom is -0.299 e. The van der Waals surface area contributed by atoms with Gasteiger partial charge in [0.25, 0.3) is 0 Å². The normalized spacial score (nSPS) is 35.2. The Bertz CT molecular complexity index is 288. The Balaban J connectivity index is 1.73. The second-order valence-electron chi connectivity index (χ2n) is 7.39. The second-order valence-corrected chi connectivity index (χ2v) is 7.39. The molecule has 116 valence electrons. The highest BCUT2D eigenvalue weighted by Crippen LogP contribution is 2.41. The number of carbonyl (C=O) groups is 1. The van der Waals surface area contributed by atoms with Gasteiger partial charge in [-0.15, -0.1) is 0 Å². The molecular formula is C19H34O. The van der Waals surface area contributed by atoms with Crippen LogP contribution in [0.4, 0.5) is 0 Å². The molecule has 0 N–H and O–H groups in total. The number of hydrogen-bond acceptors (Lipinski definition) is 1. The van der Waals surface area contributed by atoms with Crippen molar-refractivity contribution in [1.82, 2.24) is 0 Å². The number of unbranched alkanes of at least 4 members (excludes halogenated alkanes) is 2. The molecule has 2 aliphatic rings. The molecule has 2 rings (SSSR count). The summed E-state index contributed by atoms with van der Waals surface area (Å²) < 4.78 is 0. The molecule has 0 saturated heterocycles. The fraction of sp³-hybridized carbons (Fsp3) is 0.947. The van der Waals surface area contributed by atoms with E-state index in [2.05, 4.69) is 13.8 Å². The molecule has 2 atom stereocenters. The van der Waals surface area contributed by atoms with Crippen LogP contribution in [0, 0.1) is 23.7 Å². The van der Waals surface area contributed by atoms with E-state index < -0.39 is 0 Å². The van der Waals surface area contributed by atoms with Gasteiger partial charge in [-0.3, -0.25) is 4.79 Å². The Morgan fingerprint density at radius 2 is 1.60 bits per heavy atom. The van der Waals surface area contributed by atoms with Crippen LogP contribution < -0.4 is 0 Å². The second kappa shape index (κ2) is 8.20. The Morgan fingerprint density at radius 3 is 2.20 bits per heavy atom. The van der Waals surface area contributed by atoms with Crippen molar-refractivity contribution in [3.8, 4) is 0 Å². The van der Waals surface area contributed by atoms with Gasteiger partial charge in [-0.25, -0.2) is 0 Å². The van der Waals surface area contributed by atoms with Gasteiger partial charge in [-0.1, -0.05) is 52.4 Å². The molecule has 0 aromatic rings.